The van der Waals surface area contributed by atoms with Crippen LogP contribution < -0.4 is 10.2 Å². The van der Waals surface area contributed by atoms with E-state index in [-0.39, 0.29) is 0 Å². The molecule has 1 aromatic carbocycles. The molecule has 0 unspecified atom stereocenters. The lowest BCUT2D eigenvalue weighted by atomic mass is 10.2. The Hall–Kier alpha value is -2.48. The molecule has 2 aromatic rings. The Labute approximate surface area is 113 Å². The minimum Gasteiger partial charge on any atom is -0.379 e. The van der Waals surface area contributed by atoms with Gasteiger partial charge in [-0.25, -0.2) is 4.98 Å². The van der Waals surface area contributed by atoms with E-state index in [1.807, 2.05) is 55.0 Å². The van der Waals surface area contributed by atoms with Gasteiger partial charge in [0.2, 0.25) is 5.95 Å². The summed E-state index contributed by atoms with van der Waals surface area (Å²) in [6.07, 6.45) is 1.86. The summed E-state index contributed by atoms with van der Waals surface area (Å²) >= 11 is 0. The largest absolute Gasteiger partial charge is 0.379 e. The zero-order valence-electron chi connectivity index (χ0n) is 11.4. The highest BCUT2D eigenvalue weighted by Gasteiger charge is 2.07. The maximum Gasteiger partial charge on any atom is 0.204 e. The third-order valence-corrected chi connectivity index (χ3v) is 2.93. The van der Waals surface area contributed by atoms with Crippen LogP contribution in [0.2, 0.25) is 0 Å². The first kappa shape index (κ1) is 13.0. The van der Waals surface area contributed by atoms with Crippen LogP contribution in [0.3, 0.4) is 0 Å². The van der Waals surface area contributed by atoms with E-state index >= 15 is 0 Å². The summed E-state index contributed by atoms with van der Waals surface area (Å²) in [5.74, 6) is 0.919. The van der Waals surface area contributed by atoms with Crippen LogP contribution in [0.5, 0.6) is 0 Å². The maximum absolute atomic E-state index is 8.86. The average molecular weight is 255 g/mol. The SMILES string of the molecule is CN(C)c1ncc(CNc2cccc(C#N)c2)n1C. The molecule has 0 saturated carbocycles. The first-order valence-electron chi connectivity index (χ1n) is 6.04. The van der Waals surface area contributed by atoms with Gasteiger partial charge >= 0.3 is 0 Å². The molecule has 0 bridgehead atoms. The molecule has 1 aromatic heterocycles. The number of imidazole rings is 1. The second-order valence-electron chi connectivity index (χ2n) is 4.55. The number of hydrogen-bond donors (Lipinski definition) is 1. The second-order valence-corrected chi connectivity index (χ2v) is 4.55. The standard InChI is InChI=1S/C14H17N5/c1-18(2)14-17-10-13(19(14)3)9-16-12-6-4-5-11(7-12)8-15/h4-7,10,16H,9H2,1-3H3. The zero-order valence-corrected chi connectivity index (χ0v) is 11.4. The number of aromatic nitrogens is 2. The number of nitrogens with zero attached hydrogens (tertiary/aromatic N) is 4. The highest BCUT2D eigenvalue weighted by Crippen LogP contribution is 2.14. The van der Waals surface area contributed by atoms with Gasteiger partial charge in [-0.1, -0.05) is 6.07 Å². The van der Waals surface area contributed by atoms with Crippen molar-refractivity contribution in [2.75, 3.05) is 24.3 Å². The van der Waals surface area contributed by atoms with Crippen molar-refractivity contribution in [3.63, 3.8) is 0 Å². The van der Waals surface area contributed by atoms with Gasteiger partial charge in [0.05, 0.1) is 30.1 Å². The lowest BCUT2D eigenvalue weighted by molar-refractivity contribution is 0.814. The lowest BCUT2D eigenvalue weighted by Crippen LogP contribution is -2.15. The van der Waals surface area contributed by atoms with Gasteiger partial charge in [-0.15, -0.1) is 0 Å². The van der Waals surface area contributed by atoms with Crippen molar-refractivity contribution in [3.8, 4) is 6.07 Å². The molecule has 1 heterocycles. The van der Waals surface area contributed by atoms with Crippen LogP contribution in [-0.4, -0.2) is 23.6 Å². The highest BCUT2D eigenvalue weighted by atomic mass is 15.3. The van der Waals surface area contributed by atoms with E-state index < -0.39 is 0 Å². The molecule has 5 nitrogen and oxygen atoms in total. The molecular weight excluding hydrogens is 238 g/mol. The Balaban J connectivity index is 2.08. The van der Waals surface area contributed by atoms with Gasteiger partial charge in [0.15, 0.2) is 0 Å². The number of benzene rings is 1. The average Bonchev–Trinajstić information content (AvgIpc) is 2.78. The van der Waals surface area contributed by atoms with Gasteiger partial charge in [-0.2, -0.15) is 5.26 Å². The molecule has 0 amide bonds. The zero-order chi connectivity index (χ0) is 13.8. The molecule has 1 N–H and O–H groups in total. The summed E-state index contributed by atoms with van der Waals surface area (Å²) in [6.45, 7) is 0.673. The molecular formula is C14H17N5. The summed E-state index contributed by atoms with van der Waals surface area (Å²) in [7, 11) is 5.93. The molecule has 0 aliphatic carbocycles. The van der Waals surface area contributed by atoms with Gasteiger partial charge in [-0.05, 0) is 18.2 Å². The Morgan fingerprint density at radius 3 is 2.84 bits per heavy atom. The van der Waals surface area contributed by atoms with Gasteiger partial charge < -0.3 is 14.8 Å². The number of nitrogens with one attached hydrogen (secondary N) is 1. The van der Waals surface area contributed by atoms with Crippen LogP contribution in [-0.2, 0) is 13.6 Å². The fourth-order valence-corrected chi connectivity index (χ4v) is 1.90. The Bertz CT molecular complexity index is 607. The highest BCUT2D eigenvalue weighted by molar-refractivity contribution is 5.49. The van der Waals surface area contributed by atoms with Crippen molar-refractivity contribution in [1.29, 1.82) is 5.26 Å². The van der Waals surface area contributed by atoms with Crippen LogP contribution in [0.4, 0.5) is 11.6 Å². The van der Waals surface area contributed by atoms with Crippen molar-refractivity contribution < 1.29 is 0 Å². The molecule has 2 rings (SSSR count). The van der Waals surface area contributed by atoms with Gasteiger partial charge in [0, 0.05) is 26.8 Å². The minimum absolute atomic E-state index is 0.656. The van der Waals surface area contributed by atoms with E-state index in [1.165, 1.54) is 0 Å². The monoisotopic (exact) mass is 255 g/mol. The molecule has 0 spiro atoms. The third-order valence-electron chi connectivity index (χ3n) is 2.93. The molecule has 0 aliphatic heterocycles. The quantitative estimate of drug-likeness (QED) is 0.907. The fourth-order valence-electron chi connectivity index (χ4n) is 1.90. The predicted octanol–water partition coefficient (Wildman–Crippen LogP) is 1.97. The van der Waals surface area contributed by atoms with Crippen molar-refractivity contribution in [2.24, 2.45) is 7.05 Å². The Morgan fingerprint density at radius 1 is 1.42 bits per heavy atom. The van der Waals surface area contributed by atoms with Crippen molar-refractivity contribution in [3.05, 3.63) is 41.7 Å². The van der Waals surface area contributed by atoms with Gasteiger partial charge in [-0.3, -0.25) is 0 Å². The summed E-state index contributed by atoms with van der Waals surface area (Å²) in [5.41, 5.74) is 2.68. The smallest absolute Gasteiger partial charge is 0.204 e. The normalized spacial score (nSPS) is 10.0. The Kier molecular flexibility index (Phi) is 3.71. The van der Waals surface area contributed by atoms with Crippen LogP contribution in [0, 0.1) is 11.3 Å². The van der Waals surface area contributed by atoms with E-state index in [9.17, 15) is 0 Å². The molecule has 0 fully saturated rings. The van der Waals surface area contributed by atoms with Gasteiger partial charge in [0.25, 0.3) is 0 Å². The molecule has 0 aliphatic rings. The minimum atomic E-state index is 0.656. The second kappa shape index (κ2) is 5.44. The van der Waals surface area contributed by atoms with Gasteiger partial charge in [0.1, 0.15) is 0 Å². The van der Waals surface area contributed by atoms with Crippen LogP contribution in [0.25, 0.3) is 0 Å². The van der Waals surface area contributed by atoms with Crippen molar-refractivity contribution >= 4 is 11.6 Å². The van der Waals surface area contributed by atoms with E-state index in [0.29, 0.717) is 12.1 Å². The van der Waals surface area contributed by atoms with Crippen molar-refractivity contribution in [2.45, 2.75) is 6.54 Å². The summed E-state index contributed by atoms with van der Waals surface area (Å²) in [4.78, 5) is 6.33. The summed E-state index contributed by atoms with van der Waals surface area (Å²) in [6, 6.07) is 9.58. The number of hydrogen-bond acceptors (Lipinski definition) is 4. The molecule has 19 heavy (non-hydrogen) atoms. The summed E-state index contributed by atoms with van der Waals surface area (Å²) < 4.78 is 2.04. The van der Waals surface area contributed by atoms with Crippen molar-refractivity contribution in [1.82, 2.24) is 9.55 Å². The van der Waals surface area contributed by atoms with Crippen LogP contribution in [0.1, 0.15) is 11.3 Å². The first-order valence-corrected chi connectivity index (χ1v) is 6.04. The molecule has 0 atom stereocenters. The van der Waals surface area contributed by atoms with Crippen LogP contribution >= 0.6 is 0 Å². The van der Waals surface area contributed by atoms with E-state index in [2.05, 4.69) is 16.4 Å². The van der Waals surface area contributed by atoms with E-state index in [1.54, 1.807) is 6.07 Å². The number of anilines is 2. The predicted molar refractivity (Wildman–Crippen MR) is 76.0 cm³/mol. The number of nitriles is 1. The Morgan fingerprint density at radius 2 is 2.21 bits per heavy atom. The maximum atomic E-state index is 8.86. The molecule has 5 heteroatoms. The fraction of sp³-hybridized carbons (Fsp3) is 0.286. The third kappa shape index (κ3) is 2.86. The topological polar surface area (TPSA) is 56.9 Å². The molecule has 0 saturated heterocycles. The summed E-state index contributed by atoms with van der Waals surface area (Å²) in [5, 5.41) is 12.2. The van der Waals surface area contributed by atoms with E-state index in [0.717, 1.165) is 17.3 Å². The van der Waals surface area contributed by atoms with E-state index in [4.69, 9.17) is 5.26 Å². The first-order chi connectivity index (χ1) is 9.11. The number of rotatable bonds is 4. The molecule has 0 radical (unpaired) electrons. The lowest BCUT2D eigenvalue weighted by Gasteiger charge is -2.13. The molecule has 98 valence electrons. The van der Waals surface area contributed by atoms with Crippen LogP contribution in [0.15, 0.2) is 30.5 Å².